The summed E-state index contributed by atoms with van der Waals surface area (Å²) in [4.78, 5) is 32.1. The molecule has 0 spiro atoms. The van der Waals surface area contributed by atoms with Gasteiger partial charge in [0.25, 0.3) is 0 Å². The summed E-state index contributed by atoms with van der Waals surface area (Å²) in [7, 11) is 3.86. The molecule has 0 aliphatic carbocycles. The normalized spacial score (nSPS) is 19.7. The maximum Gasteiger partial charge on any atom is 0.317 e. The Bertz CT molecular complexity index is 852. The van der Waals surface area contributed by atoms with Crippen LogP contribution in [-0.2, 0) is 11.3 Å². The smallest absolute Gasteiger partial charge is 0.317 e. The van der Waals surface area contributed by atoms with Gasteiger partial charge in [0, 0.05) is 39.1 Å². The average Bonchev–Trinajstić information content (AvgIpc) is 2.64. The Morgan fingerprint density at radius 1 is 1.30 bits per heavy atom. The number of nitrogens with zero attached hydrogens (tertiary/aromatic N) is 3. The number of carbonyl (C=O) groups is 2. The topological polar surface area (TPSA) is 85.8 Å². The number of urea groups is 1. The summed E-state index contributed by atoms with van der Waals surface area (Å²) in [6, 6.07) is 9.60. The van der Waals surface area contributed by atoms with E-state index < -0.39 is 11.9 Å². The van der Waals surface area contributed by atoms with E-state index in [0.717, 1.165) is 22.3 Å². The lowest BCUT2D eigenvalue weighted by Gasteiger charge is -2.34. The van der Waals surface area contributed by atoms with Gasteiger partial charge in [0.2, 0.25) is 0 Å². The zero-order valence-electron chi connectivity index (χ0n) is 16.0. The molecule has 1 fully saturated rings. The second kappa shape index (κ2) is 7.82. The maximum absolute atomic E-state index is 12.6. The number of hydrogen-bond donors (Lipinski definition) is 2. The molecule has 7 heteroatoms. The zero-order chi connectivity index (χ0) is 19.6. The Labute approximate surface area is 159 Å². The number of carbonyl (C=O) groups excluding carboxylic acids is 1. The molecule has 0 saturated carbocycles. The molecular formula is C20H26N4O3. The van der Waals surface area contributed by atoms with Crippen LogP contribution in [0.2, 0.25) is 0 Å². The fourth-order valence-electron chi connectivity index (χ4n) is 3.59. The number of nitrogens with one attached hydrogen (secondary N) is 1. The second-order valence-electron chi connectivity index (χ2n) is 7.49. The third kappa shape index (κ3) is 4.30. The van der Waals surface area contributed by atoms with Crippen molar-refractivity contribution in [2.75, 3.05) is 32.1 Å². The number of likely N-dealkylation sites (tertiary alicyclic amines) is 1. The van der Waals surface area contributed by atoms with Crippen LogP contribution < -0.4 is 10.2 Å². The number of piperidine rings is 1. The number of benzene rings is 1. The van der Waals surface area contributed by atoms with Crippen LogP contribution >= 0.6 is 0 Å². The molecule has 1 saturated heterocycles. The maximum atomic E-state index is 12.6. The first-order valence-electron chi connectivity index (χ1n) is 9.16. The van der Waals surface area contributed by atoms with Gasteiger partial charge in [-0.05, 0) is 30.0 Å². The van der Waals surface area contributed by atoms with Gasteiger partial charge in [0.05, 0.1) is 11.4 Å². The molecule has 2 unspecified atom stereocenters. The third-order valence-electron chi connectivity index (χ3n) is 4.97. The molecule has 144 valence electrons. The summed E-state index contributed by atoms with van der Waals surface area (Å²) < 4.78 is 0. The highest BCUT2D eigenvalue weighted by molar-refractivity contribution is 5.85. The third-order valence-corrected chi connectivity index (χ3v) is 4.97. The summed E-state index contributed by atoms with van der Waals surface area (Å²) in [5, 5.41) is 13.2. The fraction of sp³-hybridized carbons (Fsp3) is 0.450. The largest absolute Gasteiger partial charge is 0.481 e. The Hall–Kier alpha value is -2.83. The lowest BCUT2D eigenvalue weighted by atomic mass is 9.91. The summed E-state index contributed by atoms with van der Waals surface area (Å²) >= 11 is 0. The molecule has 0 radical (unpaired) electrons. The zero-order valence-corrected chi connectivity index (χ0v) is 16.0. The molecule has 1 aromatic heterocycles. The minimum Gasteiger partial charge on any atom is -0.481 e. The number of pyridine rings is 1. The molecule has 7 nitrogen and oxygen atoms in total. The molecule has 1 aromatic carbocycles. The number of carboxylic acid groups (broad SMARTS) is 1. The van der Waals surface area contributed by atoms with E-state index in [1.54, 1.807) is 4.90 Å². The van der Waals surface area contributed by atoms with Crippen LogP contribution in [0.25, 0.3) is 10.9 Å². The van der Waals surface area contributed by atoms with Crippen LogP contribution in [0.15, 0.2) is 30.3 Å². The summed E-state index contributed by atoms with van der Waals surface area (Å²) in [6.07, 6.45) is 0.611. The number of fused-ring (bicyclic) bond motifs is 1. The van der Waals surface area contributed by atoms with Gasteiger partial charge in [-0.25, -0.2) is 9.78 Å². The number of carboxylic acids is 1. The molecule has 2 aromatic rings. The number of anilines is 1. The molecule has 2 N–H and O–H groups in total. The summed E-state index contributed by atoms with van der Waals surface area (Å²) in [6.45, 7) is 3.18. The van der Waals surface area contributed by atoms with Gasteiger partial charge >= 0.3 is 12.0 Å². The first kappa shape index (κ1) is 18.9. The number of para-hydroxylation sites is 1. The molecule has 2 heterocycles. The minimum absolute atomic E-state index is 0.174. The van der Waals surface area contributed by atoms with E-state index in [9.17, 15) is 14.7 Å². The van der Waals surface area contributed by atoms with E-state index in [1.807, 2.05) is 56.3 Å². The Balaban J connectivity index is 1.76. The van der Waals surface area contributed by atoms with Crippen molar-refractivity contribution in [3.63, 3.8) is 0 Å². The van der Waals surface area contributed by atoms with Gasteiger partial charge in [-0.3, -0.25) is 4.79 Å². The van der Waals surface area contributed by atoms with Crippen LogP contribution in [0.1, 0.15) is 18.9 Å². The average molecular weight is 370 g/mol. The van der Waals surface area contributed by atoms with Gasteiger partial charge in [0.1, 0.15) is 5.82 Å². The molecule has 1 aliphatic heterocycles. The van der Waals surface area contributed by atoms with E-state index in [4.69, 9.17) is 0 Å². The van der Waals surface area contributed by atoms with Crippen molar-refractivity contribution in [3.8, 4) is 0 Å². The van der Waals surface area contributed by atoms with Crippen molar-refractivity contribution in [1.29, 1.82) is 0 Å². The number of rotatable bonds is 4. The number of aliphatic carboxylic acids is 1. The van der Waals surface area contributed by atoms with Crippen molar-refractivity contribution in [1.82, 2.24) is 15.2 Å². The lowest BCUT2D eigenvalue weighted by molar-refractivity contribution is -0.143. The van der Waals surface area contributed by atoms with Gasteiger partial charge < -0.3 is 20.2 Å². The van der Waals surface area contributed by atoms with Crippen LogP contribution in [0, 0.1) is 11.8 Å². The van der Waals surface area contributed by atoms with E-state index in [0.29, 0.717) is 19.5 Å². The predicted molar refractivity (Wildman–Crippen MR) is 105 cm³/mol. The quantitative estimate of drug-likeness (QED) is 0.864. The first-order chi connectivity index (χ1) is 12.8. The first-order valence-corrected chi connectivity index (χ1v) is 9.16. The van der Waals surface area contributed by atoms with Gasteiger partial charge in [0.15, 0.2) is 0 Å². The highest BCUT2D eigenvalue weighted by Gasteiger charge is 2.31. The predicted octanol–water partition coefficient (Wildman–Crippen LogP) is 2.55. The minimum atomic E-state index is -0.838. The van der Waals surface area contributed by atoms with Crippen molar-refractivity contribution in [2.24, 2.45) is 11.8 Å². The Morgan fingerprint density at radius 2 is 2.04 bits per heavy atom. The van der Waals surface area contributed by atoms with Crippen molar-refractivity contribution in [3.05, 3.63) is 35.9 Å². The van der Waals surface area contributed by atoms with E-state index in [1.165, 1.54) is 0 Å². The van der Waals surface area contributed by atoms with Crippen LogP contribution in [0.4, 0.5) is 10.6 Å². The number of aromatic nitrogens is 1. The molecular weight excluding hydrogens is 344 g/mol. The molecule has 27 heavy (non-hydrogen) atoms. The number of hydrogen-bond acceptors (Lipinski definition) is 4. The van der Waals surface area contributed by atoms with Gasteiger partial charge in [-0.2, -0.15) is 0 Å². The monoisotopic (exact) mass is 370 g/mol. The van der Waals surface area contributed by atoms with Crippen LogP contribution in [0.3, 0.4) is 0 Å². The Morgan fingerprint density at radius 3 is 2.74 bits per heavy atom. The molecule has 2 atom stereocenters. The standard InChI is InChI=1S/C20H26N4O3/c1-13-8-15(19(25)26)12-24(11-13)20(27)21-10-14-9-18(23(2)3)22-17-7-5-4-6-16(14)17/h4-7,9,13,15H,8,10-12H2,1-3H3,(H,21,27)(H,25,26). The van der Waals surface area contributed by atoms with E-state index in [2.05, 4.69) is 10.3 Å². The van der Waals surface area contributed by atoms with Crippen molar-refractivity contribution < 1.29 is 14.7 Å². The highest BCUT2D eigenvalue weighted by atomic mass is 16.4. The van der Waals surface area contributed by atoms with Crippen LogP contribution in [-0.4, -0.2) is 54.2 Å². The lowest BCUT2D eigenvalue weighted by Crippen LogP contribution is -2.49. The molecule has 1 aliphatic rings. The fourth-order valence-corrected chi connectivity index (χ4v) is 3.59. The Kier molecular flexibility index (Phi) is 5.48. The van der Waals surface area contributed by atoms with Crippen molar-refractivity contribution >= 4 is 28.7 Å². The molecule has 0 bridgehead atoms. The summed E-state index contributed by atoms with van der Waals surface area (Å²) in [5.74, 6) is -0.333. The molecule has 2 amide bonds. The number of amides is 2. The summed E-state index contributed by atoms with van der Waals surface area (Å²) in [5.41, 5.74) is 1.86. The highest BCUT2D eigenvalue weighted by Crippen LogP contribution is 2.23. The van der Waals surface area contributed by atoms with Gasteiger partial charge in [-0.15, -0.1) is 0 Å². The SMILES string of the molecule is CC1CC(C(=O)O)CN(C(=O)NCc2cc(N(C)C)nc3ccccc23)C1. The van der Waals surface area contributed by atoms with Crippen molar-refractivity contribution in [2.45, 2.75) is 19.9 Å². The van der Waals surface area contributed by atoms with Gasteiger partial charge in [-0.1, -0.05) is 25.1 Å². The molecule has 3 rings (SSSR count). The van der Waals surface area contributed by atoms with E-state index >= 15 is 0 Å². The van der Waals surface area contributed by atoms with Crippen LogP contribution in [0.5, 0.6) is 0 Å². The van der Waals surface area contributed by atoms with E-state index in [-0.39, 0.29) is 18.5 Å². The second-order valence-corrected chi connectivity index (χ2v) is 7.49.